The number of ether oxygens (including phenoxy) is 1. The number of pyridine rings is 1. The molecule has 0 saturated carbocycles. The van der Waals surface area contributed by atoms with Crippen LogP contribution in [-0.2, 0) is 0 Å². The lowest BCUT2D eigenvalue weighted by Crippen LogP contribution is -2.42. The van der Waals surface area contributed by atoms with Crippen LogP contribution in [-0.4, -0.2) is 23.2 Å². The van der Waals surface area contributed by atoms with Gasteiger partial charge in [0.1, 0.15) is 11.9 Å². The Morgan fingerprint density at radius 1 is 1.25 bits per heavy atom. The standard InChI is InChI=1S/C17H24N2O/c1-5-14(12-19-17(2,3)4)20-15-9-8-13-7-6-10-18-16(13)11-15/h6-11,14,19H,5,12H2,1-4H3. The second-order valence-corrected chi connectivity index (χ2v) is 6.14. The van der Waals surface area contributed by atoms with E-state index in [1.54, 1.807) is 0 Å². The predicted molar refractivity (Wildman–Crippen MR) is 84.2 cm³/mol. The first kappa shape index (κ1) is 14.8. The van der Waals surface area contributed by atoms with Gasteiger partial charge in [0.25, 0.3) is 0 Å². The third kappa shape index (κ3) is 4.20. The highest BCUT2D eigenvalue weighted by Gasteiger charge is 2.14. The molecule has 0 fully saturated rings. The molecule has 0 aliphatic carbocycles. The first-order chi connectivity index (χ1) is 9.48. The zero-order chi connectivity index (χ0) is 14.6. The summed E-state index contributed by atoms with van der Waals surface area (Å²) in [7, 11) is 0. The Kier molecular flexibility index (Phi) is 4.61. The lowest BCUT2D eigenvalue weighted by Gasteiger charge is -2.25. The van der Waals surface area contributed by atoms with Gasteiger partial charge in [0.2, 0.25) is 0 Å². The summed E-state index contributed by atoms with van der Waals surface area (Å²) in [4.78, 5) is 4.36. The molecule has 0 aliphatic rings. The molecule has 3 nitrogen and oxygen atoms in total. The predicted octanol–water partition coefficient (Wildman–Crippen LogP) is 3.78. The number of hydrogen-bond donors (Lipinski definition) is 1. The highest BCUT2D eigenvalue weighted by Crippen LogP contribution is 2.20. The molecule has 108 valence electrons. The van der Waals surface area contributed by atoms with Crippen molar-refractivity contribution in [1.29, 1.82) is 0 Å². The maximum Gasteiger partial charge on any atom is 0.121 e. The lowest BCUT2D eigenvalue weighted by atomic mass is 10.1. The topological polar surface area (TPSA) is 34.1 Å². The summed E-state index contributed by atoms with van der Waals surface area (Å²) in [5.41, 5.74) is 1.09. The molecule has 1 aromatic heterocycles. The Bertz CT molecular complexity index is 560. The van der Waals surface area contributed by atoms with Gasteiger partial charge in [-0.1, -0.05) is 13.0 Å². The fourth-order valence-electron chi connectivity index (χ4n) is 2.00. The van der Waals surface area contributed by atoms with Gasteiger partial charge in [-0.2, -0.15) is 0 Å². The number of hydrogen-bond acceptors (Lipinski definition) is 3. The Hall–Kier alpha value is -1.61. The maximum atomic E-state index is 6.06. The van der Waals surface area contributed by atoms with Crippen molar-refractivity contribution in [3.63, 3.8) is 0 Å². The molecule has 0 bridgehead atoms. The van der Waals surface area contributed by atoms with Crippen molar-refractivity contribution in [2.75, 3.05) is 6.54 Å². The molecule has 1 N–H and O–H groups in total. The smallest absolute Gasteiger partial charge is 0.121 e. The molecule has 3 heteroatoms. The monoisotopic (exact) mass is 272 g/mol. The van der Waals surface area contributed by atoms with Gasteiger partial charge in [0.15, 0.2) is 0 Å². The molecule has 1 unspecified atom stereocenters. The molecule has 1 aromatic carbocycles. The number of nitrogens with zero attached hydrogens (tertiary/aromatic N) is 1. The molecule has 2 rings (SSSR count). The van der Waals surface area contributed by atoms with E-state index in [4.69, 9.17) is 4.74 Å². The van der Waals surface area contributed by atoms with E-state index in [-0.39, 0.29) is 11.6 Å². The molecule has 0 aliphatic heterocycles. The highest BCUT2D eigenvalue weighted by molar-refractivity contribution is 5.79. The van der Waals surface area contributed by atoms with Crippen molar-refractivity contribution < 1.29 is 4.74 Å². The van der Waals surface area contributed by atoms with Crippen LogP contribution < -0.4 is 10.1 Å². The lowest BCUT2D eigenvalue weighted by molar-refractivity contribution is 0.181. The number of aromatic nitrogens is 1. The van der Waals surface area contributed by atoms with E-state index < -0.39 is 0 Å². The summed E-state index contributed by atoms with van der Waals surface area (Å²) in [6, 6.07) is 10.1. The van der Waals surface area contributed by atoms with E-state index in [1.165, 1.54) is 0 Å². The van der Waals surface area contributed by atoms with Gasteiger partial charge >= 0.3 is 0 Å². The molecule has 1 atom stereocenters. The van der Waals surface area contributed by atoms with Gasteiger partial charge in [-0.25, -0.2) is 0 Å². The molecule has 0 amide bonds. The van der Waals surface area contributed by atoms with E-state index in [0.717, 1.165) is 29.6 Å². The summed E-state index contributed by atoms with van der Waals surface area (Å²) < 4.78 is 6.06. The Labute approximate surface area is 121 Å². The van der Waals surface area contributed by atoms with Crippen LogP contribution in [0.2, 0.25) is 0 Å². The molecular weight excluding hydrogens is 248 g/mol. The van der Waals surface area contributed by atoms with Gasteiger partial charge in [-0.05, 0) is 45.4 Å². The van der Waals surface area contributed by atoms with Crippen LogP contribution in [0.4, 0.5) is 0 Å². The van der Waals surface area contributed by atoms with Gasteiger partial charge in [0, 0.05) is 29.7 Å². The molecular formula is C17H24N2O. The summed E-state index contributed by atoms with van der Waals surface area (Å²) >= 11 is 0. The molecule has 0 radical (unpaired) electrons. The zero-order valence-corrected chi connectivity index (χ0v) is 12.8. The average molecular weight is 272 g/mol. The van der Waals surface area contributed by atoms with Crippen molar-refractivity contribution in [3.8, 4) is 5.75 Å². The zero-order valence-electron chi connectivity index (χ0n) is 12.8. The second kappa shape index (κ2) is 6.23. The van der Waals surface area contributed by atoms with Gasteiger partial charge in [-0.3, -0.25) is 4.98 Å². The molecule has 2 aromatic rings. The van der Waals surface area contributed by atoms with Crippen LogP contribution in [0.25, 0.3) is 10.9 Å². The van der Waals surface area contributed by atoms with Crippen molar-refractivity contribution >= 4 is 10.9 Å². The summed E-state index contributed by atoms with van der Waals surface area (Å²) in [5.74, 6) is 0.888. The minimum absolute atomic E-state index is 0.113. The minimum Gasteiger partial charge on any atom is -0.489 e. The fourth-order valence-corrected chi connectivity index (χ4v) is 2.00. The van der Waals surface area contributed by atoms with E-state index in [0.29, 0.717) is 0 Å². The van der Waals surface area contributed by atoms with Crippen LogP contribution in [0.3, 0.4) is 0 Å². The SMILES string of the molecule is CCC(CNC(C)(C)C)Oc1ccc2cccnc2c1. The third-order valence-corrected chi connectivity index (χ3v) is 3.20. The van der Waals surface area contributed by atoms with Crippen molar-refractivity contribution in [1.82, 2.24) is 10.3 Å². The van der Waals surface area contributed by atoms with E-state index in [2.05, 4.69) is 50.1 Å². The fraction of sp³-hybridized carbons (Fsp3) is 0.471. The van der Waals surface area contributed by atoms with Crippen LogP contribution in [0, 0.1) is 0 Å². The number of nitrogens with one attached hydrogen (secondary N) is 1. The third-order valence-electron chi connectivity index (χ3n) is 3.20. The Morgan fingerprint density at radius 3 is 2.75 bits per heavy atom. The molecule has 0 saturated heterocycles. The van der Waals surface area contributed by atoms with Crippen LogP contribution in [0.1, 0.15) is 34.1 Å². The number of rotatable bonds is 5. The van der Waals surface area contributed by atoms with Gasteiger partial charge in [0.05, 0.1) is 5.52 Å². The average Bonchev–Trinajstić information content (AvgIpc) is 2.42. The van der Waals surface area contributed by atoms with E-state index >= 15 is 0 Å². The van der Waals surface area contributed by atoms with Crippen molar-refractivity contribution in [2.45, 2.75) is 45.8 Å². The first-order valence-corrected chi connectivity index (χ1v) is 7.24. The second-order valence-electron chi connectivity index (χ2n) is 6.14. The minimum atomic E-state index is 0.113. The van der Waals surface area contributed by atoms with Crippen molar-refractivity contribution in [3.05, 3.63) is 36.5 Å². The van der Waals surface area contributed by atoms with Crippen LogP contribution >= 0.6 is 0 Å². The number of benzene rings is 1. The molecule has 0 spiro atoms. The maximum absolute atomic E-state index is 6.06. The quantitative estimate of drug-likeness (QED) is 0.899. The summed E-state index contributed by atoms with van der Waals surface area (Å²) in [5, 5.41) is 4.63. The van der Waals surface area contributed by atoms with Crippen molar-refractivity contribution in [2.24, 2.45) is 0 Å². The van der Waals surface area contributed by atoms with Crippen LogP contribution in [0.5, 0.6) is 5.75 Å². The van der Waals surface area contributed by atoms with Gasteiger partial charge < -0.3 is 10.1 Å². The number of fused-ring (bicyclic) bond motifs is 1. The normalized spacial score (nSPS) is 13.4. The molecule has 20 heavy (non-hydrogen) atoms. The summed E-state index contributed by atoms with van der Waals surface area (Å²) in [6.45, 7) is 9.49. The van der Waals surface area contributed by atoms with E-state index in [1.807, 2.05) is 24.4 Å². The van der Waals surface area contributed by atoms with E-state index in [9.17, 15) is 0 Å². The first-order valence-electron chi connectivity index (χ1n) is 7.24. The highest BCUT2D eigenvalue weighted by atomic mass is 16.5. The van der Waals surface area contributed by atoms with Crippen LogP contribution in [0.15, 0.2) is 36.5 Å². The summed E-state index contributed by atoms with van der Waals surface area (Å²) in [6.07, 6.45) is 2.96. The Balaban J connectivity index is 2.05. The Morgan fingerprint density at radius 2 is 2.05 bits per heavy atom. The largest absolute Gasteiger partial charge is 0.489 e. The molecule has 1 heterocycles. The van der Waals surface area contributed by atoms with Gasteiger partial charge in [-0.15, -0.1) is 0 Å².